The van der Waals surface area contributed by atoms with Gasteiger partial charge < -0.3 is 4.98 Å². The summed E-state index contributed by atoms with van der Waals surface area (Å²) in [6.07, 6.45) is 2.14. The zero-order chi connectivity index (χ0) is 14.9. The van der Waals surface area contributed by atoms with Crippen LogP contribution in [0.15, 0.2) is 77.8 Å². The van der Waals surface area contributed by atoms with E-state index < -0.39 is 0 Å². The number of aromatic nitrogens is 1. The van der Waals surface area contributed by atoms with E-state index in [1.165, 1.54) is 32.1 Å². The molecule has 1 heterocycles. The normalized spacial score (nSPS) is 12.8. The van der Waals surface area contributed by atoms with Crippen LogP contribution in [-0.4, -0.2) is 4.98 Å². The first kappa shape index (κ1) is 13.5. The maximum atomic E-state index is 3.37. The van der Waals surface area contributed by atoms with Crippen LogP contribution in [0.4, 0.5) is 0 Å². The highest BCUT2D eigenvalue weighted by Gasteiger charge is 2.12. The standard InChI is InChI=1S/C20H17NS/c1-14(19-13-21-20-9-5-4-8-18(19)20)22-17-11-10-15-6-2-3-7-16(15)12-17/h2-14,21H,1H3. The monoisotopic (exact) mass is 303 g/mol. The van der Waals surface area contributed by atoms with E-state index in [2.05, 4.69) is 84.8 Å². The van der Waals surface area contributed by atoms with Crippen LogP contribution in [0, 0.1) is 0 Å². The van der Waals surface area contributed by atoms with Gasteiger partial charge in [0, 0.05) is 27.2 Å². The van der Waals surface area contributed by atoms with Crippen LogP contribution in [0.3, 0.4) is 0 Å². The second-order valence-corrected chi connectivity index (χ2v) is 6.97. The van der Waals surface area contributed by atoms with Crippen molar-refractivity contribution in [2.45, 2.75) is 17.1 Å². The number of hydrogen-bond acceptors (Lipinski definition) is 1. The van der Waals surface area contributed by atoms with Gasteiger partial charge in [-0.25, -0.2) is 0 Å². The topological polar surface area (TPSA) is 15.8 Å². The van der Waals surface area contributed by atoms with Crippen molar-refractivity contribution in [3.63, 3.8) is 0 Å². The Labute approximate surface area is 134 Å². The van der Waals surface area contributed by atoms with Gasteiger partial charge in [0.15, 0.2) is 0 Å². The molecule has 0 saturated heterocycles. The second-order valence-electron chi connectivity index (χ2n) is 5.56. The second kappa shape index (κ2) is 5.54. The molecule has 1 unspecified atom stereocenters. The zero-order valence-electron chi connectivity index (χ0n) is 12.4. The van der Waals surface area contributed by atoms with Gasteiger partial charge in [0.2, 0.25) is 0 Å². The lowest BCUT2D eigenvalue weighted by Crippen LogP contribution is -1.86. The van der Waals surface area contributed by atoms with Crippen LogP contribution in [0.5, 0.6) is 0 Å². The predicted molar refractivity (Wildman–Crippen MR) is 96.5 cm³/mol. The Morgan fingerprint density at radius 3 is 2.55 bits per heavy atom. The maximum absolute atomic E-state index is 3.37. The molecule has 4 aromatic rings. The summed E-state index contributed by atoms with van der Waals surface area (Å²) < 4.78 is 0. The van der Waals surface area contributed by atoms with E-state index in [-0.39, 0.29) is 0 Å². The molecular formula is C20H17NS. The highest BCUT2D eigenvalue weighted by atomic mass is 32.2. The van der Waals surface area contributed by atoms with E-state index in [4.69, 9.17) is 0 Å². The van der Waals surface area contributed by atoms with Crippen LogP contribution in [0.2, 0.25) is 0 Å². The molecule has 1 N–H and O–H groups in total. The van der Waals surface area contributed by atoms with Crippen molar-refractivity contribution in [1.82, 2.24) is 4.98 Å². The number of aromatic amines is 1. The number of benzene rings is 3. The van der Waals surface area contributed by atoms with Gasteiger partial charge in [-0.1, -0.05) is 48.5 Å². The molecule has 1 nitrogen and oxygen atoms in total. The van der Waals surface area contributed by atoms with Crippen molar-refractivity contribution < 1.29 is 0 Å². The molecule has 0 aliphatic carbocycles. The van der Waals surface area contributed by atoms with E-state index in [9.17, 15) is 0 Å². The Kier molecular flexibility index (Phi) is 3.39. The Morgan fingerprint density at radius 1 is 0.864 bits per heavy atom. The highest BCUT2D eigenvalue weighted by Crippen LogP contribution is 2.38. The molecule has 0 fully saturated rings. The van der Waals surface area contributed by atoms with E-state index in [1.54, 1.807) is 0 Å². The third kappa shape index (κ3) is 2.40. The number of H-pyrrole nitrogens is 1. The summed E-state index contributed by atoms with van der Waals surface area (Å²) >= 11 is 1.91. The number of para-hydroxylation sites is 1. The Morgan fingerprint density at radius 2 is 1.64 bits per heavy atom. The number of nitrogens with one attached hydrogen (secondary N) is 1. The lowest BCUT2D eigenvalue weighted by atomic mass is 10.1. The minimum atomic E-state index is 0.414. The number of fused-ring (bicyclic) bond motifs is 2. The lowest BCUT2D eigenvalue weighted by Gasteiger charge is -2.11. The van der Waals surface area contributed by atoms with Gasteiger partial charge in [-0.3, -0.25) is 0 Å². The minimum absolute atomic E-state index is 0.414. The molecule has 0 spiro atoms. The molecule has 0 radical (unpaired) electrons. The molecule has 1 aromatic heterocycles. The average Bonchev–Trinajstić information content (AvgIpc) is 2.99. The predicted octanol–water partition coefficient (Wildman–Crippen LogP) is 6.17. The smallest absolute Gasteiger partial charge is 0.0457 e. The molecule has 108 valence electrons. The molecule has 0 amide bonds. The molecule has 0 aliphatic heterocycles. The van der Waals surface area contributed by atoms with E-state index in [0.29, 0.717) is 5.25 Å². The summed E-state index contributed by atoms with van der Waals surface area (Å²) in [6, 6.07) is 23.7. The molecule has 2 heteroatoms. The summed E-state index contributed by atoms with van der Waals surface area (Å²) in [5, 5.41) is 4.34. The van der Waals surface area contributed by atoms with Crippen molar-refractivity contribution in [3.8, 4) is 0 Å². The number of thioether (sulfide) groups is 1. The molecular weight excluding hydrogens is 286 g/mol. The van der Waals surface area contributed by atoms with Gasteiger partial charge in [0.25, 0.3) is 0 Å². The summed E-state index contributed by atoms with van der Waals surface area (Å²) in [6.45, 7) is 2.27. The average molecular weight is 303 g/mol. The summed E-state index contributed by atoms with van der Waals surface area (Å²) in [4.78, 5) is 4.69. The first-order valence-electron chi connectivity index (χ1n) is 7.53. The highest BCUT2D eigenvalue weighted by molar-refractivity contribution is 7.99. The fraction of sp³-hybridized carbons (Fsp3) is 0.100. The van der Waals surface area contributed by atoms with Gasteiger partial charge in [-0.2, -0.15) is 0 Å². The molecule has 1 atom stereocenters. The first-order chi connectivity index (χ1) is 10.8. The van der Waals surface area contributed by atoms with Crippen LogP contribution in [0.1, 0.15) is 17.7 Å². The third-order valence-corrected chi connectivity index (χ3v) is 5.23. The van der Waals surface area contributed by atoms with E-state index >= 15 is 0 Å². The van der Waals surface area contributed by atoms with Crippen LogP contribution in [0.25, 0.3) is 21.7 Å². The Balaban J connectivity index is 1.66. The summed E-state index contributed by atoms with van der Waals surface area (Å²) in [5.74, 6) is 0. The van der Waals surface area contributed by atoms with Crippen LogP contribution in [-0.2, 0) is 0 Å². The summed E-state index contributed by atoms with van der Waals surface area (Å²) in [5.41, 5.74) is 2.58. The number of rotatable bonds is 3. The number of hydrogen-bond donors (Lipinski definition) is 1. The quantitative estimate of drug-likeness (QED) is 0.447. The third-order valence-electron chi connectivity index (χ3n) is 4.09. The van der Waals surface area contributed by atoms with Gasteiger partial charge >= 0.3 is 0 Å². The van der Waals surface area contributed by atoms with Gasteiger partial charge in [0.1, 0.15) is 0 Å². The molecule has 4 rings (SSSR count). The van der Waals surface area contributed by atoms with Crippen molar-refractivity contribution >= 4 is 33.4 Å². The SMILES string of the molecule is CC(Sc1ccc2ccccc2c1)c1c[nH]c2ccccc12. The molecule has 0 aliphatic rings. The van der Waals surface area contributed by atoms with Gasteiger partial charge in [-0.15, -0.1) is 11.8 Å². The van der Waals surface area contributed by atoms with Crippen molar-refractivity contribution in [2.75, 3.05) is 0 Å². The Bertz CT molecular complexity index is 938. The van der Waals surface area contributed by atoms with Gasteiger partial charge in [-0.05, 0) is 41.5 Å². The van der Waals surface area contributed by atoms with Crippen molar-refractivity contribution in [1.29, 1.82) is 0 Å². The minimum Gasteiger partial charge on any atom is -0.361 e. The summed E-state index contributed by atoms with van der Waals surface area (Å²) in [7, 11) is 0. The molecule has 0 bridgehead atoms. The zero-order valence-corrected chi connectivity index (χ0v) is 13.2. The lowest BCUT2D eigenvalue weighted by molar-refractivity contribution is 1.11. The van der Waals surface area contributed by atoms with Crippen molar-refractivity contribution in [2.24, 2.45) is 0 Å². The van der Waals surface area contributed by atoms with Crippen LogP contribution >= 0.6 is 11.8 Å². The molecule has 3 aromatic carbocycles. The van der Waals surface area contributed by atoms with E-state index in [0.717, 1.165) is 0 Å². The van der Waals surface area contributed by atoms with Gasteiger partial charge in [0.05, 0.1) is 0 Å². The first-order valence-corrected chi connectivity index (χ1v) is 8.41. The maximum Gasteiger partial charge on any atom is 0.0457 e. The van der Waals surface area contributed by atoms with Crippen LogP contribution < -0.4 is 0 Å². The van der Waals surface area contributed by atoms with E-state index in [1.807, 2.05) is 11.8 Å². The van der Waals surface area contributed by atoms with Crippen molar-refractivity contribution in [3.05, 3.63) is 78.5 Å². The fourth-order valence-electron chi connectivity index (χ4n) is 2.94. The molecule has 0 saturated carbocycles. The largest absolute Gasteiger partial charge is 0.361 e. The molecule has 22 heavy (non-hydrogen) atoms. The Hall–Kier alpha value is -2.19. The fourth-order valence-corrected chi connectivity index (χ4v) is 4.01.